The summed E-state index contributed by atoms with van der Waals surface area (Å²) < 4.78 is 0. The number of hydrogen-bond donors (Lipinski definition) is 2. The zero-order valence-corrected chi connectivity index (χ0v) is 19.0. The van der Waals surface area contributed by atoms with Crippen molar-refractivity contribution in [2.45, 2.75) is 20.8 Å². The van der Waals surface area contributed by atoms with Crippen molar-refractivity contribution in [3.05, 3.63) is 0 Å². The molecule has 0 aromatic carbocycles. The molecule has 0 aromatic heterocycles. The first-order chi connectivity index (χ1) is 14.4. The Kier molecular flexibility index (Phi) is 13.7. The molecule has 178 valence electrons. The first kappa shape index (κ1) is 28.8. The van der Waals surface area contributed by atoms with Gasteiger partial charge in [-0.1, -0.05) is 20.8 Å². The van der Waals surface area contributed by atoms with Gasteiger partial charge in [-0.15, -0.1) is 0 Å². The van der Waals surface area contributed by atoms with E-state index in [0.717, 1.165) is 6.54 Å². The van der Waals surface area contributed by atoms with Crippen LogP contribution in [0, 0.1) is 5.41 Å². The summed E-state index contributed by atoms with van der Waals surface area (Å²) in [5, 5.41) is 18.3. The minimum atomic E-state index is -0.908. The van der Waals surface area contributed by atoms with Crippen LogP contribution in [-0.2, 0) is 24.0 Å². The van der Waals surface area contributed by atoms with E-state index in [4.69, 9.17) is 14.7 Å². The quantitative estimate of drug-likeness (QED) is 0.523. The van der Waals surface area contributed by atoms with Gasteiger partial charge in [0.2, 0.25) is 0 Å². The SMILES string of the molecule is CN1CCN(CC(=O)O)CCN(CC(=O)O)CCN(CC(=O)C(C)(C)C)CC1.O=C=O. The van der Waals surface area contributed by atoms with Crippen LogP contribution in [0.1, 0.15) is 20.8 Å². The highest BCUT2D eigenvalue weighted by atomic mass is 16.4. The maximum absolute atomic E-state index is 12.5. The molecule has 11 nitrogen and oxygen atoms in total. The highest BCUT2D eigenvalue weighted by Crippen LogP contribution is 2.15. The third kappa shape index (κ3) is 14.5. The number of Topliss-reactive ketones (excluding diaryl/α,β-unsaturated/α-hetero) is 1. The van der Waals surface area contributed by atoms with E-state index in [1.807, 2.05) is 37.6 Å². The Labute approximate surface area is 183 Å². The first-order valence-corrected chi connectivity index (χ1v) is 10.2. The molecule has 0 aliphatic carbocycles. The fourth-order valence-electron chi connectivity index (χ4n) is 2.93. The average Bonchev–Trinajstić information content (AvgIpc) is 2.63. The van der Waals surface area contributed by atoms with Gasteiger partial charge < -0.3 is 15.1 Å². The van der Waals surface area contributed by atoms with Crippen LogP contribution >= 0.6 is 0 Å². The molecule has 0 aromatic rings. The van der Waals surface area contributed by atoms with Crippen molar-refractivity contribution in [2.75, 3.05) is 79.0 Å². The Bertz CT molecular complexity index is 615. The number of hydrogen-bond acceptors (Lipinski definition) is 9. The van der Waals surface area contributed by atoms with E-state index in [9.17, 15) is 19.5 Å². The zero-order valence-electron chi connectivity index (χ0n) is 19.0. The van der Waals surface area contributed by atoms with Gasteiger partial charge in [0, 0.05) is 57.8 Å². The van der Waals surface area contributed by atoms with Crippen LogP contribution in [0.3, 0.4) is 0 Å². The van der Waals surface area contributed by atoms with Crippen molar-refractivity contribution in [3.63, 3.8) is 0 Å². The molecule has 0 atom stereocenters. The molecule has 0 radical (unpaired) electrons. The van der Waals surface area contributed by atoms with Gasteiger partial charge in [0.05, 0.1) is 19.6 Å². The monoisotopic (exact) mass is 444 g/mol. The lowest BCUT2D eigenvalue weighted by Gasteiger charge is -2.33. The summed E-state index contributed by atoms with van der Waals surface area (Å²) in [7, 11) is 1.99. The number of aliphatic carboxylic acids is 2. The minimum absolute atomic E-state index is 0.0546. The second-order valence-electron chi connectivity index (χ2n) is 8.68. The van der Waals surface area contributed by atoms with Crippen LogP contribution in [0.2, 0.25) is 0 Å². The second-order valence-corrected chi connectivity index (χ2v) is 8.68. The fraction of sp³-hybridized carbons (Fsp3) is 0.800. The molecule has 1 aliphatic heterocycles. The molecule has 0 unspecified atom stereocenters. The van der Waals surface area contributed by atoms with Gasteiger partial charge in [0.1, 0.15) is 0 Å². The standard InChI is InChI=1S/C19H36N4O5.CO2/c1-19(2,3)16(24)13-21-7-5-20(4)6-8-22(14-17(25)26)11-12-23(10-9-21)15-18(27)28;2-1-3/h5-15H2,1-4H3,(H,25,26)(H,27,28);. The minimum Gasteiger partial charge on any atom is -0.480 e. The average molecular weight is 445 g/mol. The lowest BCUT2D eigenvalue weighted by Crippen LogP contribution is -2.48. The molecule has 1 rings (SSSR count). The van der Waals surface area contributed by atoms with Gasteiger partial charge in [0.25, 0.3) is 0 Å². The van der Waals surface area contributed by atoms with E-state index >= 15 is 0 Å². The number of carbonyl (C=O) groups excluding carboxylic acids is 3. The highest BCUT2D eigenvalue weighted by Gasteiger charge is 2.24. The molecule has 1 saturated heterocycles. The Morgan fingerprint density at radius 1 is 0.710 bits per heavy atom. The second kappa shape index (κ2) is 14.8. The lowest BCUT2D eigenvalue weighted by atomic mass is 9.90. The van der Waals surface area contributed by atoms with E-state index in [2.05, 4.69) is 9.80 Å². The molecule has 1 aliphatic rings. The van der Waals surface area contributed by atoms with Crippen molar-refractivity contribution in [1.82, 2.24) is 19.6 Å². The number of rotatable bonds is 6. The summed E-state index contributed by atoms with van der Waals surface area (Å²) >= 11 is 0. The van der Waals surface area contributed by atoms with Gasteiger partial charge in [0.15, 0.2) is 5.78 Å². The van der Waals surface area contributed by atoms with Crippen LogP contribution in [0.4, 0.5) is 0 Å². The zero-order chi connectivity index (χ0) is 24.0. The van der Waals surface area contributed by atoms with Crippen LogP contribution in [0.25, 0.3) is 0 Å². The third-order valence-corrected chi connectivity index (χ3v) is 4.98. The molecule has 31 heavy (non-hydrogen) atoms. The predicted molar refractivity (Wildman–Crippen MR) is 112 cm³/mol. The lowest BCUT2D eigenvalue weighted by molar-refractivity contribution is -0.191. The largest absolute Gasteiger partial charge is 0.480 e. The summed E-state index contributed by atoms with van der Waals surface area (Å²) in [6.07, 6.45) is 0.250. The van der Waals surface area contributed by atoms with Crippen molar-refractivity contribution in [1.29, 1.82) is 0 Å². The summed E-state index contributed by atoms with van der Waals surface area (Å²) in [6, 6.07) is 0. The normalized spacial score (nSPS) is 18.6. The van der Waals surface area contributed by atoms with E-state index in [-0.39, 0.29) is 25.0 Å². The van der Waals surface area contributed by atoms with Gasteiger partial charge in [-0.05, 0) is 7.05 Å². The Hall–Kier alpha value is -2.17. The Balaban J connectivity index is 0.00000282. The first-order valence-electron chi connectivity index (χ1n) is 10.2. The van der Waals surface area contributed by atoms with E-state index in [0.29, 0.717) is 52.4 Å². The predicted octanol–water partition coefficient (Wildman–Crippen LogP) is -0.961. The van der Waals surface area contributed by atoms with Crippen molar-refractivity contribution in [3.8, 4) is 0 Å². The number of likely N-dealkylation sites (N-methyl/N-ethyl adjacent to an activating group) is 1. The Morgan fingerprint density at radius 3 is 1.29 bits per heavy atom. The van der Waals surface area contributed by atoms with Gasteiger partial charge >= 0.3 is 18.1 Å². The van der Waals surface area contributed by atoms with E-state index in [1.54, 1.807) is 0 Å². The number of carboxylic acid groups (broad SMARTS) is 2. The molecular formula is C20H36N4O7. The number of carbonyl (C=O) groups is 3. The molecule has 2 N–H and O–H groups in total. The summed E-state index contributed by atoms with van der Waals surface area (Å²) in [6.45, 7) is 10.8. The van der Waals surface area contributed by atoms with Crippen LogP contribution in [0.5, 0.6) is 0 Å². The van der Waals surface area contributed by atoms with Crippen LogP contribution < -0.4 is 0 Å². The van der Waals surface area contributed by atoms with Crippen molar-refractivity contribution in [2.24, 2.45) is 5.41 Å². The third-order valence-electron chi connectivity index (χ3n) is 4.98. The van der Waals surface area contributed by atoms with E-state index in [1.165, 1.54) is 0 Å². The summed E-state index contributed by atoms with van der Waals surface area (Å²) in [5.74, 6) is -1.63. The molecular weight excluding hydrogens is 408 g/mol. The number of ketones is 1. The highest BCUT2D eigenvalue weighted by molar-refractivity contribution is 5.85. The maximum atomic E-state index is 12.5. The summed E-state index contributed by atoms with van der Waals surface area (Å²) in [5.41, 5.74) is -0.409. The Morgan fingerprint density at radius 2 is 1.00 bits per heavy atom. The van der Waals surface area contributed by atoms with Gasteiger partial charge in [-0.3, -0.25) is 29.1 Å². The van der Waals surface area contributed by atoms with Gasteiger partial charge in [-0.2, -0.15) is 9.59 Å². The molecule has 11 heteroatoms. The van der Waals surface area contributed by atoms with Crippen molar-refractivity contribution >= 4 is 23.9 Å². The van der Waals surface area contributed by atoms with Crippen molar-refractivity contribution < 1.29 is 34.2 Å². The molecule has 1 fully saturated rings. The van der Waals surface area contributed by atoms with E-state index < -0.39 is 17.4 Å². The number of nitrogens with zero attached hydrogens (tertiary/aromatic N) is 4. The molecule has 0 spiro atoms. The molecule has 0 bridgehead atoms. The molecule has 1 heterocycles. The van der Waals surface area contributed by atoms with Crippen LogP contribution in [-0.4, -0.2) is 133 Å². The van der Waals surface area contributed by atoms with Crippen LogP contribution in [0.15, 0.2) is 0 Å². The fourth-order valence-corrected chi connectivity index (χ4v) is 2.93. The molecule has 0 saturated carbocycles. The smallest absolute Gasteiger partial charge is 0.373 e. The molecule has 0 amide bonds. The van der Waals surface area contributed by atoms with Gasteiger partial charge in [-0.25, -0.2) is 0 Å². The maximum Gasteiger partial charge on any atom is 0.373 e. The topological polar surface area (TPSA) is 139 Å². The number of carboxylic acids is 2. The summed E-state index contributed by atoms with van der Waals surface area (Å²) in [4.78, 5) is 58.9.